The normalized spacial score (nSPS) is 12.1. The van der Waals surface area contributed by atoms with Crippen LogP contribution in [0.25, 0.3) is 0 Å². The Bertz CT molecular complexity index is 830. The van der Waals surface area contributed by atoms with Crippen LogP contribution in [0.5, 0.6) is 0 Å². The van der Waals surface area contributed by atoms with E-state index in [-0.39, 0.29) is 5.41 Å². The molecule has 2 aromatic rings. The van der Waals surface area contributed by atoms with Crippen LogP contribution in [-0.2, 0) is 6.54 Å². The molecule has 4 heteroatoms. The third kappa shape index (κ3) is 24.2. The van der Waals surface area contributed by atoms with Crippen LogP contribution in [0, 0.1) is 11.3 Å². The Labute approximate surface area is 249 Å². The topological polar surface area (TPSA) is 48.5 Å². The average molecular weight is 553 g/mol. The SMILES string of the molecule is C=C(NC)C(C)(C)C.C=C(NC)C1CCCCC1.CC.CC.CN=Cc1ccccc1.CNCc1ccccc1. The summed E-state index contributed by atoms with van der Waals surface area (Å²) >= 11 is 0. The fourth-order valence-electron chi connectivity index (χ4n) is 3.52. The molecule has 1 aliphatic carbocycles. The van der Waals surface area contributed by atoms with E-state index in [4.69, 9.17) is 0 Å². The van der Waals surface area contributed by atoms with E-state index in [2.05, 4.69) is 67.0 Å². The molecule has 0 heterocycles. The van der Waals surface area contributed by atoms with Gasteiger partial charge in [0.05, 0.1) is 0 Å². The summed E-state index contributed by atoms with van der Waals surface area (Å²) in [5.41, 5.74) is 5.01. The minimum atomic E-state index is 0.203. The molecule has 228 valence electrons. The number of aliphatic imine (C=N–C) groups is 1. The van der Waals surface area contributed by atoms with Crippen molar-refractivity contribution in [1.82, 2.24) is 16.0 Å². The molecule has 0 amide bonds. The molecule has 0 bridgehead atoms. The maximum absolute atomic E-state index is 3.99. The predicted octanol–water partition coefficient (Wildman–Crippen LogP) is 9.26. The van der Waals surface area contributed by atoms with E-state index in [0.717, 1.165) is 23.7 Å². The zero-order valence-electron chi connectivity index (χ0n) is 28.0. The van der Waals surface area contributed by atoms with Crippen molar-refractivity contribution in [2.45, 2.75) is 87.1 Å². The lowest BCUT2D eigenvalue weighted by Gasteiger charge is -2.23. The summed E-state index contributed by atoms with van der Waals surface area (Å²) in [7, 11) is 7.59. The van der Waals surface area contributed by atoms with Crippen molar-refractivity contribution < 1.29 is 0 Å². The van der Waals surface area contributed by atoms with Gasteiger partial charge in [0.15, 0.2) is 0 Å². The number of allylic oxidation sites excluding steroid dienone is 2. The van der Waals surface area contributed by atoms with Crippen molar-refractivity contribution in [3.05, 3.63) is 96.3 Å². The second-order valence-corrected chi connectivity index (χ2v) is 9.90. The van der Waals surface area contributed by atoms with Crippen LogP contribution in [0.4, 0.5) is 0 Å². The standard InChI is InChI=1S/C9H17N.C8H11N.C8H9N.C7H15N.2C2H6/c1-8(10-2)9-6-4-3-5-7-9;2*1-9-7-8-5-3-2-4-6-8;1-6(8-5)7(2,3)4;2*1-2/h9-10H,1,3-7H2,2H3;2-6,9H,7H2,1H3;2-7H,1H3;8H,1H2,2-5H3;2*1-2H3. The van der Waals surface area contributed by atoms with Crippen LogP contribution < -0.4 is 16.0 Å². The van der Waals surface area contributed by atoms with Gasteiger partial charge in [-0.2, -0.15) is 0 Å². The fourth-order valence-corrected chi connectivity index (χ4v) is 3.52. The van der Waals surface area contributed by atoms with Gasteiger partial charge in [0, 0.05) is 50.7 Å². The van der Waals surface area contributed by atoms with Crippen molar-refractivity contribution in [3.63, 3.8) is 0 Å². The molecule has 0 spiro atoms. The van der Waals surface area contributed by atoms with Gasteiger partial charge in [-0.15, -0.1) is 0 Å². The lowest BCUT2D eigenvalue weighted by molar-refractivity contribution is 0.391. The van der Waals surface area contributed by atoms with E-state index in [0.29, 0.717) is 0 Å². The number of rotatable bonds is 6. The molecule has 0 aromatic heterocycles. The van der Waals surface area contributed by atoms with Crippen molar-refractivity contribution in [2.24, 2.45) is 16.3 Å². The van der Waals surface area contributed by atoms with E-state index in [1.165, 1.54) is 43.4 Å². The Kier molecular flexibility index (Phi) is 30.3. The van der Waals surface area contributed by atoms with Gasteiger partial charge in [-0.3, -0.25) is 4.99 Å². The summed E-state index contributed by atoms with van der Waals surface area (Å²) in [4.78, 5) is 3.88. The molecule has 0 saturated heterocycles. The van der Waals surface area contributed by atoms with Gasteiger partial charge in [-0.1, -0.05) is 142 Å². The summed E-state index contributed by atoms with van der Waals surface area (Å²) in [6.45, 7) is 23.2. The first-order valence-corrected chi connectivity index (χ1v) is 15.1. The molecule has 3 rings (SSSR count). The molecule has 0 aliphatic heterocycles. The van der Waals surface area contributed by atoms with Crippen LogP contribution in [0.3, 0.4) is 0 Å². The first kappa shape index (κ1) is 41.6. The number of hydrogen-bond donors (Lipinski definition) is 3. The van der Waals surface area contributed by atoms with Gasteiger partial charge >= 0.3 is 0 Å². The monoisotopic (exact) mass is 553 g/mol. The molecule has 1 saturated carbocycles. The summed E-state index contributed by atoms with van der Waals surface area (Å²) in [5.74, 6) is 0.763. The second-order valence-electron chi connectivity index (χ2n) is 9.90. The fraction of sp³-hybridized carbons (Fsp3) is 0.528. The molecule has 0 unspecified atom stereocenters. The van der Waals surface area contributed by atoms with Crippen molar-refractivity contribution in [3.8, 4) is 0 Å². The predicted molar refractivity (Wildman–Crippen MR) is 184 cm³/mol. The van der Waals surface area contributed by atoms with Crippen molar-refractivity contribution in [1.29, 1.82) is 0 Å². The zero-order chi connectivity index (χ0) is 31.2. The van der Waals surface area contributed by atoms with Gasteiger partial charge < -0.3 is 16.0 Å². The molecule has 40 heavy (non-hydrogen) atoms. The molecular formula is C36H64N4. The van der Waals surface area contributed by atoms with Crippen LogP contribution in [0.1, 0.15) is 91.7 Å². The summed E-state index contributed by atoms with van der Waals surface area (Å²) in [5, 5.41) is 9.23. The molecule has 2 aromatic carbocycles. The molecule has 0 atom stereocenters. The maximum Gasteiger partial charge on any atom is 0.0281 e. The van der Waals surface area contributed by atoms with Gasteiger partial charge in [0.2, 0.25) is 0 Å². The minimum Gasteiger partial charge on any atom is -0.392 e. The Morgan fingerprint density at radius 1 is 0.800 bits per heavy atom. The summed E-state index contributed by atoms with van der Waals surface area (Å²) in [6, 6.07) is 20.4. The Hall–Kier alpha value is -2.85. The van der Waals surface area contributed by atoms with Gasteiger partial charge in [0.25, 0.3) is 0 Å². The Morgan fingerprint density at radius 3 is 1.62 bits per heavy atom. The highest BCUT2D eigenvalue weighted by Gasteiger charge is 2.14. The van der Waals surface area contributed by atoms with E-state index in [1.54, 1.807) is 7.05 Å². The second kappa shape index (κ2) is 29.1. The van der Waals surface area contributed by atoms with Crippen molar-refractivity contribution in [2.75, 3.05) is 28.2 Å². The highest BCUT2D eigenvalue weighted by atomic mass is 14.8. The van der Waals surface area contributed by atoms with Crippen LogP contribution in [-0.4, -0.2) is 34.4 Å². The van der Waals surface area contributed by atoms with E-state index in [9.17, 15) is 0 Å². The van der Waals surface area contributed by atoms with E-state index in [1.807, 2.05) is 104 Å². The Morgan fingerprint density at radius 2 is 1.27 bits per heavy atom. The maximum atomic E-state index is 3.99. The molecule has 4 nitrogen and oxygen atoms in total. The first-order valence-electron chi connectivity index (χ1n) is 15.1. The van der Waals surface area contributed by atoms with Gasteiger partial charge in [0.1, 0.15) is 0 Å². The van der Waals surface area contributed by atoms with E-state index >= 15 is 0 Å². The van der Waals surface area contributed by atoms with Crippen LogP contribution in [0.2, 0.25) is 0 Å². The zero-order valence-corrected chi connectivity index (χ0v) is 28.0. The number of nitrogens with zero attached hydrogens (tertiary/aromatic N) is 1. The largest absolute Gasteiger partial charge is 0.392 e. The van der Waals surface area contributed by atoms with Crippen molar-refractivity contribution >= 4 is 6.21 Å². The van der Waals surface area contributed by atoms with Gasteiger partial charge in [-0.05, 0) is 36.9 Å². The van der Waals surface area contributed by atoms with E-state index < -0.39 is 0 Å². The quantitative estimate of drug-likeness (QED) is 0.313. The molecule has 1 fully saturated rings. The third-order valence-electron chi connectivity index (χ3n) is 5.93. The van der Waals surface area contributed by atoms with Gasteiger partial charge in [-0.25, -0.2) is 0 Å². The highest BCUT2D eigenvalue weighted by Crippen LogP contribution is 2.27. The lowest BCUT2D eigenvalue weighted by atomic mass is 9.87. The molecule has 1 aliphatic rings. The summed E-state index contributed by atoms with van der Waals surface area (Å²) in [6.07, 6.45) is 8.74. The first-order chi connectivity index (χ1) is 19.2. The third-order valence-corrected chi connectivity index (χ3v) is 5.93. The number of nitrogens with one attached hydrogen (secondary N) is 3. The number of hydrogen-bond acceptors (Lipinski definition) is 4. The smallest absolute Gasteiger partial charge is 0.0281 e. The highest BCUT2D eigenvalue weighted by molar-refractivity contribution is 5.79. The molecule has 3 N–H and O–H groups in total. The summed E-state index contributed by atoms with van der Waals surface area (Å²) < 4.78 is 0. The minimum absolute atomic E-state index is 0.203. The average Bonchev–Trinajstić information content (AvgIpc) is 3.01. The lowest BCUT2D eigenvalue weighted by Crippen LogP contribution is -2.19. The van der Waals surface area contributed by atoms with Crippen LogP contribution >= 0.6 is 0 Å². The molecule has 0 radical (unpaired) electrons. The molecular weight excluding hydrogens is 488 g/mol. The number of benzene rings is 2. The van der Waals surface area contributed by atoms with Crippen LogP contribution in [0.15, 0.2) is 90.2 Å². The Balaban J connectivity index is -0.000000439.